The number of nitrogens with one attached hydrogen (secondary N) is 2. The zero-order chi connectivity index (χ0) is 29.3. The lowest BCUT2D eigenvalue weighted by molar-refractivity contribution is -0.113. The summed E-state index contributed by atoms with van der Waals surface area (Å²) in [7, 11) is -4.08. The smallest absolute Gasteiger partial charge is 0.273 e. The van der Waals surface area contributed by atoms with Crippen LogP contribution in [0.15, 0.2) is 63.4 Å². The minimum absolute atomic E-state index is 0.195. The van der Waals surface area contributed by atoms with Crippen molar-refractivity contribution in [2.75, 3.05) is 47.2 Å². The van der Waals surface area contributed by atoms with Gasteiger partial charge in [-0.05, 0) is 62.5 Å². The zero-order valence-corrected chi connectivity index (χ0v) is 25.8. The van der Waals surface area contributed by atoms with E-state index in [1.807, 2.05) is 29.2 Å². The van der Waals surface area contributed by atoms with Crippen LogP contribution in [0.2, 0.25) is 0 Å². The Morgan fingerprint density at radius 3 is 2.25 bits per heavy atom. The molecule has 0 bridgehead atoms. The van der Waals surface area contributed by atoms with Crippen LogP contribution >= 0.6 is 35.7 Å². The first-order valence-corrected chi connectivity index (χ1v) is 16.4. The number of carbonyl (C=O) groups excluding carboxylic acids is 2. The van der Waals surface area contributed by atoms with Gasteiger partial charge in [0, 0.05) is 11.4 Å². The number of hydrogen-bond acceptors (Lipinski definition) is 10. The van der Waals surface area contributed by atoms with Gasteiger partial charge in [0.1, 0.15) is 9.93 Å². The van der Waals surface area contributed by atoms with E-state index < -0.39 is 10.1 Å². The van der Waals surface area contributed by atoms with E-state index in [9.17, 15) is 18.0 Å². The highest BCUT2D eigenvalue weighted by molar-refractivity contribution is 8.27. The largest absolute Gasteiger partial charge is 0.334 e. The molecule has 2 heterocycles. The first-order valence-electron chi connectivity index (χ1n) is 12.7. The SMILES string of the molecule is CCN(CC)CC.O=CNNc1ccc(N2C(=O)/C(=C3\Sc4ccccc4N3CCCS(=O)(=O)O)SC2=S)cc1. The van der Waals surface area contributed by atoms with E-state index in [1.165, 1.54) is 48.1 Å². The third-order valence-electron chi connectivity index (χ3n) is 6.10. The van der Waals surface area contributed by atoms with Crippen molar-refractivity contribution in [1.82, 2.24) is 10.3 Å². The molecule has 10 nitrogen and oxygen atoms in total. The molecule has 0 unspecified atom stereocenters. The minimum atomic E-state index is -4.08. The molecular weight excluding hydrogens is 591 g/mol. The molecule has 2 aromatic carbocycles. The van der Waals surface area contributed by atoms with Gasteiger partial charge in [0.05, 0.1) is 22.8 Å². The van der Waals surface area contributed by atoms with Crippen LogP contribution in [0.1, 0.15) is 27.2 Å². The Balaban J connectivity index is 0.000000559. The summed E-state index contributed by atoms with van der Waals surface area (Å²) < 4.78 is 31.8. The molecule has 2 amide bonds. The van der Waals surface area contributed by atoms with Gasteiger partial charge in [0.25, 0.3) is 16.0 Å². The fourth-order valence-corrected chi connectivity index (χ4v) is 7.16. The lowest BCUT2D eigenvalue weighted by atomic mass is 10.2. The molecule has 14 heteroatoms. The normalized spacial score (nSPS) is 16.6. The van der Waals surface area contributed by atoms with E-state index in [-0.39, 0.29) is 18.1 Å². The molecule has 2 aliphatic heterocycles. The van der Waals surface area contributed by atoms with Gasteiger partial charge in [0.15, 0.2) is 4.32 Å². The Bertz CT molecular complexity index is 1340. The van der Waals surface area contributed by atoms with Gasteiger partial charge in [-0.1, -0.05) is 68.6 Å². The molecule has 1 fully saturated rings. The van der Waals surface area contributed by atoms with Gasteiger partial charge in [0.2, 0.25) is 6.41 Å². The third-order valence-corrected chi connectivity index (χ3v) is 9.58. The molecular formula is C26H33N5O5S4. The average molecular weight is 624 g/mol. The van der Waals surface area contributed by atoms with Crippen molar-refractivity contribution in [3.8, 4) is 0 Å². The van der Waals surface area contributed by atoms with Gasteiger partial charge in [-0.3, -0.25) is 29.9 Å². The molecule has 4 rings (SSSR count). The molecule has 0 aliphatic carbocycles. The van der Waals surface area contributed by atoms with Gasteiger partial charge in [-0.15, -0.1) is 0 Å². The quantitative estimate of drug-likeness (QED) is 0.108. The number of rotatable bonds is 11. The summed E-state index contributed by atoms with van der Waals surface area (Å²) in [5, 5.41) is 0.680. The van der Waals surface area contributed by atoms with Crippen molar-refractivity contribution in [3.63, 3.8) is 0 Å². The Morgan fingerprint density at radius 2 is 1.68 bits per heavy atom. The highest BCUT2D eigenvalue weighted by atomic mass is 32.2. The van der Waals surface area contributed by atoms with Crippen molar-refractivity contribution in [2.45, 2.75) is 32.1 Å². The average Bonchev–Trinajstić information content (AvgIpc) is 3.44. The summed E-state index contributed by atoms with van der Waals surface area (Å²) in [4.78, 5) is 30.9. The van der Waals surface area contributed by atoms with Crippen LogP contribution in [0.5, 0.6) is 0 Å². The van der Waals surface area contributed by atoms with Crippen LogP contribution < -0.4 is 20.7 Å². The number of carbonyl (C=O) groups is 2. The number of para-hydroxylation sites is 1. The predicted molar refractivity (Wildman–Crippen MR) is 168 cm³/mol. The summed E-state index contributed by atoms with van der Waals surface area (Å²) in [5.41, 5.74) is 7.14. The van der Waals surface area contributed by atoms with Crippen molar-refractivity contribution in [1.29, 1.82) is 0 Å². The number of amides is 2. The zero-order valence-electron chi connectivity index (χ0n) is 22.5. The summed E-state index contributed by atoms with van der Waals surface area (Å²) in [5.74, 6) is -0.643. The van der Waals surface area contributed by atoms with Gasteiger partial charge < -0.3 is 9.80 Å². The Morgan fingerprint density at radius 1 is 1.02 bits per heavy atom. The van der Waals surface area contributed by atoms with Crippen molar-refractivity contribution >= 4 is 79.6 Å². The minimum Gasteiger partial charge on any atom is -0.334 e. The van der Waals surface area contributed by atoms with Crippen LogP contribution in [0.3, 0.4) is 0 Å². The van der Waals surface area contributed by atoms with Crippen molar-refractivity contribution in [3.05, 3.63) is 58.5 Å². The molecule has 1 saturated heterocycles. The number of hydrazine groups is 1. The number of benzene rings is 2. The number of thioether (sulfide) groups is 2. The first kappa shape index (κ1) is 31.9. The molecule has 0 aromatic heterocycles. The summed E-state index contributed by atoms with van der Waals surface area (Å²) in [6.45, 7) is 10.4. The van der Waals surface area contributed by atoms with Gasteiger partial charge in [-0.2, -0.15) is 8.42 Å². The molecule has 2 aliphatic rings. The highest BCUT2D eigenvalue weighted by Gasteiger charge is 2.39. The number of thiocarbonyl (C=S) groups is 1. The Kier molecular flexibility index (Phi) is 11.8. The number of anilines is 3. The molecule has 3 N–H and O–H groups in total. The second kappa shape index (κ2) is 14.8. The fourth-order valence-electron chi connectivity index (χ4n) is 4.03. The molecule has 216 valence electrons. The lowest BCUT2D eigenvalue weighted by Crippen LogP contribution is -2.29. The molecule has 0 atom stereocenters. The maximum absolute atomic E-state index is 13.4. The second-order valence-corrected chi connectivity index (χ2v) is 12.8. The number of fused-ring (bicyclic) bond motifs is 1. The molecule has 0 spiro atoms. The Hall–Kier alpha value is -2.62. The second-order valence-electron chi connectivity index (χ2n) is 8.56. The number of hydrogen-bond donors (Lipinski definition) is 3. The monoisotopic (exact) mass is 623 g/mol. The molecule has 40 heavy (non-hydrogen) atoms. The summed E-state index contributed by atoms with van der Waals surface area (Å²) in [6, 6.07) is 14.5. The van der Waals surface area contributed by atoms with E-state index in [1.54, 1.807) is 24.3 Å². The highest BCUT2D eigenvalue weighted by Crippen LogP contribution is 2.51. The van der Waals surface area contributed by atoms with Crippen molar-refractivity contribution in [2.24, 2.45) is 0 Å². The molecule has 0 saturated carbocycles. The standard InChI is InChI=1S/C20H18N4O5S4.C6H15N/c25-12-21-22-13-6-8-14(9-7-13)24-18(26)17(32-20(24)30)19-23(10-3-11-33(27,28)29)15-4-1-2-5-16(15)31-19;1-4-7(5-2)6-3/h1-2,4-9,12,22H,3,10-11H2,(H,21,25)(H,27,28,29);4-6H2,1-3H3/b19-17+;. The van der Waals surface area contributed by atoms with E-state index in [2.05, 4.69) is 36.5 Å². The van der Waals surface area contributed by atoms with E-state index in [4.69, 9.17) is 16.8 Å². The summed E-state index contributed by atoms with van der Waals surface area (Å²) in [6.07, 6.45) is 0.710. The molecule has 2 aromatic rings. The van der Waals surface area contributed by atoms with Crippen molar-refractivity contribution < 1.29 is 22.6 Å². The predicted octanol–water partition coefficient (Wildman–Crippen LogP) is 4.53. The first-order chi connectivity index (χ1) is 19.1. The third kappa shape index (κ3) is 8.21. The van der Waals surface area contributed by atoms with Crippen LogP contribution in [0.4, 0.5) is 17.1 Å². The van der Waals surface area contributed by atoms with Gasteiger partial charge in [-0.25, -0.2) is 0 Å². The summed E-state index contributed by atoms with van der Waals surface area (Å²) >= 11 is 8.11. The number of nitrogens with zero attached hydrogens (tertiary/aromatic N) is 3. The van der Waals surface area contributed by atoms with Crippen LogP contribution in [0, 0.1) is 0 Å². The van der Waals surface area contributed by atoms with Crippen LogP contribution in [0.25, 0.3) is 0 Å². The maximum atomic E-state index is 13.4. The maximum Gasteiger partial charge on any atom is 0.273 e. The van der Waals surface area contributed by atoms with Crippen LogP contribution in [-0.2, 0) is 19.7 Å². The Labute approximate surface area is 249 Å². The van der Waals surface area contributed by atoms with Gasteiger partial charge >= 0.3 is 0 Å². The van der Waals surface area contributed by atoms with E-state index in [0.717, 1.165) is 10.6 Å². The van der Waals surface area contributed by atoms with Crippen LogP contribution in [-0.4, -0.2) is 66.4 Å². The lowest BCUT2D eigenvalue weighted by Gasteiger charge is -2.21. The van der Waals surface area contributed by atoms with E-state index in [0.29, 0.717) is 38.6 Å². The molecule has 0 radical (unpaired) electrons. The topological polar surface area (TPSA) is 122 Å². The van der Waals surface area contributed by atoms with E-state index >= 15 is 0 Å². The fraction of sp³-hybridized carbons (Fsp3) is 0.346.